The van der Waals surface area contributed by atoms with E-state index in [2.05, 4.69) is 10.3 Å². The number of benzene rings is 2. The van der Waals surface area contributed by atoms with Crippen LogP contribution in [0.15, 0.2) is 66.9 Å². The molecule has 1 fully saturated rings. The third-order valence-corrected chi connectivity index (χ3v) is 5.66. The Hall–Kier alpha value is -3.74. The Morgan fingerprint density at radius 1 is 1.15 bits per heavy atom. The lowest BCUT2D eigenvalue weighted by molar-refractivity contribution is -0.119. The van der Waals surface area contributed by atoms with Gasteiger partial charge < -0.3 is 15.0 Å². The van der Waals surface area contributed by atoms with Crippen LogP contribution in [-0.2, 0) is 17.9 Å². The van der Waals surface area contributed by atoms with E-state index in [-0.39, 0.29) is 23.7 Å². The average Bonchev–Trinajstić information content (AvgIpc) is 3.32. The van der Waals surface area contributed by atoms with E-state index in [0.29, 0.717) is 31.0 Å². The Labute approximate surface area is 192 Å². The second kappa shape index (κ2) is 10.3. The van der Waals surface area contributed by atoms with Gasteiger partial charge in [-0.05, 0) is 66.4 Å². The zero-order valence-electron chi connectivity index (χ0n) is 18.5. The minimum absolute atomic E-state index is 0.0413. The Bertz CT molecular complexity index is 1130. The van der Waals surface area contributed by atoms with Crippen molar-refractivity contribution >= 4 is 11.8 Å². The summed E-state index contributed by atoms with van der Waals surface area (Å²) in [4.78, 5) is 30.8. The zero-order chi connectivity index (χ0) is 23.2. The van der Waals surface area contributed by atoms with Crippen LogP contribution in [0.25, 0.3) is 0 Å². The van der Waals surface area contributed by atoms with Crippen molar-refractivity contribution in [1.82, 2.24) is 15.2 Å². The Morgan fingerprint density at radius 3 is 2.76 bits per heavy atom. The van der Waals surface area contributed by atoms with E-state index in [1.165, 1.54) is 19.1 Å². The third-order valence-electron chi connectivity index (χ3n) is 5.66. The van der Waals surface area contributed by atoms with Crippen molar-refractivity contribution in [1.29, 1.82) is 0 Å². The van der Waals surface area contributed by atoms with Gasteiger partial charge in [-0.15, -0.1) is 0 Å². The SMILES string of the molecule is CC(=O)NCc1cc([C@H]2CCCN2C(=O)c2cccc(OCc3ccc(F)cc3)c2)ccn1. The van der Waals surface area contributed by atoms with Crippen LogP contribution in [0, 0.1) is 5.82 Å². The molecule has 4 rings (SSSR count). The number of rotatable bonds is 7. The van der Waals surface area contributed by atoms with Gasteiger partial charge in [0.25, 0.3) is 5.91 Å². The molecule has 0 saturated carbocycles. The van der Waals surface area contributed by atoms with Crippen LogP contribution in [-0.4, -0.2) is 28.2 Å². The van der Waals surface area contributed by atoms with Gasteiger partial charge in [0.05, 0.1) is 18.3 Å². The molecule has 2 amide bonds. The molecule has 1 saturated heterocycles. The molecule has 3 aromatic rings. The lowest BCUT2D eigenvalue weighted by Gasteiger charge is -2.25. The number of likely N-dealkylation sites (tertiary alicyclic amines) is 1. The number of ether oxygens (including phenoxy) is 1. The van der Waals surface area contributed by atoms with Gasteiger partial charge in [0.2, 0.25) is 5.91 Å². The lowest BCUT2D eigenvalue weighted by Crippen LogP contribution is -2.30. The maximum Gasteiger partial charge on any atom is 0.254 e. The van der Waals surface area contributed by atoms with E-state index < -0.39 is 0 Å². The number of pyridine rings is 1. The highest BCUT2D eigenvalue weighted by atomic mass is 19.1. The van der Waals surface area contributed by atoms with E-state index in [1.807, 2.05) is 17.0 Å². The van der Waals surface area contributed by atoms with Crippen molar-refractivity contribution < 1.29 is 18.7 Å². The summed E-state index contributed by atoms with van der Waals surface area (Å²) in [6.07, 6.45) is 3.51. The topological polar surface area (TPSA) is 71.5 Å². The van der Waals surface area contributed by atoms with Crippen LogP contribution >= 0.6 is 0 Å². The van der Waals surface area contributed by atoms with Gasteiger partial charge in [0, 0.05) is 25.2 Å². The highest BCUT2D eigenvalue weighted by molar-refractivity contribution is 5.95. The summed E-state index contributed by atoms with van der Waals surface area (Å²) in [5.41, 5.74) is 3.18. The van der Waals surface area contributed by atoms with Crippen molar-refractivity contribution in [3.05, 3.63) is 95.1 Å². The predicted molar refractivity (Wildman–Crippen MR) is 122 cm³/mol. The molecule has 0 bridgehead atoms. The molecule has 0 spiro atoms. The number of amides is 2. The van der Waals surface area contributed by atoms with Gasteiger partial charge in [-0.1, -0.05) is 18.2 Å². The first kappa shape index (κ1) is 22.5. The minimum Gasteiger partial charge on any atom is -0.489 e. The molecular formula is C26H26FN3O3. The van der Waals surface area contributed by atoms with E-state index >= 15 is 0 Å². The summed E-state index contributed by atoms with van der Waals surface area (Å²) in [6.45, 7) is 2.79. The first-order chi connectivity index (χ1) is 16.0. The molecule has 1 aliphatic heterocycles. The van der Waals surface area contributed by atoms with Crippen molar-refractivity contribution in [2.45, 2.75) is 39.0 Å². The standard InChI is InChI=1S/C26H26FN3O3/c1-18(31)29-16-23-14-20(11-12-28-23)25-6-3-13-30(25)26(32)21-4-2-5-24(15-21)33-17-19-7-9-22(27)10-8-19/h2,4-5,7-12,14-15,25H,3,6,13,16-17H2,1H3,(H,29,31)/t25-/m1/s1. The van der Waals surface area contributed by atoms with Gasteiger partial charge in [0.15, 0.2) is 0 Å². The van der Waals surface area contributed by atoms with Crippen LogP contribution in [0.5, 0.6) is 5.75 Å². The molecule has 6 nitrogen and oxygen atoms in total. The summed E-state index contributed by atoms with van der Waals surface area (Å²) >= 11 is 0. The van der Waals surface area contributed by atoms with Gasteiger partial charge >= 0.3 is 0 Å². The molecule has 2 aromatic carbocycles. The van der Waals surface area contributed by atoms with Gasteiger partial charge in [-0.25, -0.2) is 4.39 Å². The number of hydrogen-bond acceptors (Lipinski definition) is 4. The number of halogens is 1. The van der Waals surface area contributed by atoms with Gasteiger partial charge in [-0.3, -0.25) is 14.6 Å². The molecule has 0 radical (unpaired) electrons. The predicted octanol–water partition coefficient (Wildman–Crippen LogP) is 4.41. The molecule has 1 aliphatic rings. The van der Waals surface area contributed by atoms with Crippen LogP contribution < -0.4 is 10.1 Å². The molecule has 7 heteroatoms. The number of carbonyl (C=O) groups excluding carboxylic acids is 2. The largest absolute Gasteiger partial charge is 0.489 e. The first-order valence-electron chi connectivity index (χ1n) is 11.0. The third kappa shape index (κ3) is 5.74. The molecule has 0 aliphatic carbocycles. The van der Waals surface area contributed by atoms with Crippen LogP contribution in [0.2, 0.25) is 0 Å². The van der Waals surface area contributed by atoms with Gasteiger partial charge in [0.1, 0.15) is 18.2 Å². The molecule has 0 unspecified atom stereocenters. The second-order valence-electron chi connectivity index (χ2n) is 8.09. The minimum atomic E-state index is -0.289. The molecule has 2 heterocycles. The quantitative estimate of drug-likeness (QED) is 0.582. The second-order valence-corrected chi connectivity index (χ2v) is 8.09. The normalized spacial score (nSPS) is 15.3. The van der Waals surface area contributed by atoms with Crippen LogP contribution in [0.3, 0.4) is 0 Å². The Balaban J connectivity index is 1.46. The summed E-state index contributed by atoms with van der Waals surface area (Å²) < 4.78 is 18.9. The number of aromatic nitrogens is 1. The summed E-state index contributed by atoms with van der Waals surface area (Å²) in [7, 11) is 0. The highest BCUT2D eigenvalue weighted by Gasteiger charge is 2.31. The van der Waals surface area contributed by atoms with Crippen molar-refractivity contribution in [2.24, 2.45) is 0 Å². The maximum atomic E-state index is 13.4. The summed E-state index contributed by atoms with van der Waals surface area (Å²) in [5, 5.41) is 2.76. The number of hydrogen-bond donors (Lipinski definition) is 1. The van der Waals surface area contributed by atoms with E-state index in [0.717, 1.165) is 29.7 Å². The summed E-state index contributed by atoms with van der Waals surface area (Å²) in [5.74, 6) is 0.136. The van der Waals surface area contributed by atoms with E-state index in [1.54, 1.807) is 42.6 Å². The fraction of sp³-hybridized carbons (Fsp3) is 0.269. The molecular weight excluding hydrogens is 421 g/mol. The summed E-state index contributed by atoms with van der Waals surface area (Å²) in [6, 6.07) is 17.1. The van der Waals surface area contributed by atoms with Crippen LogP contribution in [0.1, 0.15) is 53.0 Å². The van der Waals surface area contributed by atoms with Crippen molar-refractivity contribution in [3.63, 3.8) is 0 Å². The monoisotopic (exact) mass is 447 g/mol. The molecule has 1 atom stereocenters. The maximum absolute atomic E-state index is 13.4. The number of carbonyl (C=O) groups is 2. The Morgan fingerprint density at radius 2 is 1.97 bits per heavy atom. The van der Waals surface area contributed by atoms with Crippen LogP contribution in [0.4, 0.5) is 4.39 Å². The number of nitrogens with zero attached hydrogens (tertiary/aromatic N) is 2. The number of nitrogens with one attached hydrogen (secondary N) is 1. The zero-order valence-corrected chi connectivity index (χ0v) is 18.5. The fourth-order valence-corrected chi connectivity index (χ4v) is 4.00. The fourth-order valence-electron chi connectivity index (χ4n) is 4.00. The van der Waals surface area contributed by atoms with E-state index in [9.17, 15) is 14.0 Å². The average molecular weight is 448 g/mol. The first-order valence-corrected chi connectivity index (χ1v) is 11.0. The highest BCUT2D eigenvalue weighted by Crippen LogP contribution is 2.33. The van der Waals surface area contributed by atoms with E-state index in [4.69, 9.17) is 4.74 Å². The molecule has 170 valence electrons. The molecule has 33 heavy (non-hydrogen) atoms. The van der Waals surface area contributed by atoms with Gasteiger partial charge in [-0.2, -0.15) is 0 Å². The molecule has 1 aromatic heterocycles. The van der Waals surface area contributed by atoms with Crippen molar-refractivity contribution in [3.8, 4) is 5.75 Å². The lowest BCUT2D eigenvalue weighted by atomic mass is 10.0. The molecule has 1 N–H and O–H groups in total. The van der Waals surface area contributed by atoms with Crippen molar-refractivity contribution in [2.75, 3.05) is 6.54 Å². The Kier molecular flexibility index (Phi) is 6.98. The smallest absolute Gasteiger partial charge is 0.254 e.